The first kappa shape index (κ1) is 19.5. The van der Waals surface area contributed by atoms with Crippen LogP contribution in [0.15, 0.2) is 48.8 Å². The summed E-state index contributed by atoms with van der Waals surface area (Å²) in [6.07, 6.45) is 2.31. The van der Waals surface area contributed by atoms with Crippen molar-refractivity contribution < 1.29 is 9.59 Å². The van der Waals surface area contributed by atoms with Gasteiger partial charge in [0.15, 0.2) is 5.78 Å². The molecule has 2 heterocycles. The minimum atomic E-state index is -0.129. The molecule has 4 rings (SSSR count). The first-order chi connectivity index (χ1) is 14.5. The number of carbonyl (C=O) groups is 2. The molecule has 0 saturated heterocycles. The summed E-state index contributed by atoms with van der Waals surface area (Å²) in [5.41, 5.74) is 4.57. The number of nitrogens with one attached hydrogen (secondary N) is 2. The first-order valence-corrected chi connectivity index (χ1v) is 9.69. The lowest BCUT2D eigenvalue weighted by Gasteiger charge is -2.29. The van der Waals surface area contributed by atoms with Crippen LogP contribution in [0.4, 0.5) is 23.3 Å². The molecule has 0 fully saturated rings. The van der Waals surface area contributed by atoms with Crippen molar-refractivity contribution in [1.29, 1.82) is 0 Å². The molecule has 152 valence electrons. The van der Waals surface area contributed by atoms with E-state index in [1.165, 1.54) is 24.4 Å². The lowest BCUT2D eigenvalue weighted by atomic mass is 9.96. The van der Waals surface area contributed by atoms with Crippen LogP contribution in [0.1, 0.15) is 35.3 Å². The number of carbonyl (C=O) groups excluding carboxylic acids is 2. The number of anilines is 4. The van der Waals surface area contributed by atoms with Crippen molar-refractivity contribution in [3.63, 3.8) is 0 Å². The Morgan fingerprint density at radius 3 is 2.63 bits per heavy atom. The Morgan fingerprint density at radius 1 is 1.00 bits per heavy atom. The summed E-state index contributed by atoms with van der Waals surface area (Å²) in [7, 11) is 0. The largest absolute Gasteiger partial charge is 0.336 e. The molecule has 8 nitrogen and oxygen atoms in total. The third-order valence-corrected chi connectivity index (χ3v) is 4.91. The molecule has 0 atom stereocenters. The Hall–Kier alpha value is -3.81. The van der Waals surface area contributed by atoms with E-state index < -0.39 is 0 Å². The van der Waals surface area contributed by atoms with Gasteiger partial charge in [-0.1, -0.05) is 18.2 Å². The predicted octanol–water partition coefficient (Wildman–Crippen LogP) is 3.34. The van der Waals surface area contributed by atoms with E-state index in [4.69, 9.17) is 0 Å². The molecule has 0 unspecified atom stereocenters. The second kappa shape index (κ2) is 8.28. The number of aromatic nitrogens is 3. The van der Waals surface area contributed by atoms with Crippen molar-refractivity contribution >= 4 is 35.0 Å². The molecule has 0 saturated carbocycles. The van der Waals surface area contributed by atoms with E-state index in [9.17, 15) is 9.59 Å². The summed E-state index contributed by atoms with van der Waals surface area (Å²) in [6, 6.07) is 13.2. The quantitative estimate of drug-likeness (QED) is 0.631. The van der Waals surface area contributed by atoms with Gasteiger partial charge in [0.1, 0.15) is 6.33 Å². The molecule has 1 aromatic heterocycles. The Balaban J connectivity index is 1.50. The number of nitrogens with zero attached hydrogens (tertiary/aromatic N) is 4. The lowest BCUT2D eigenvalue weighted by molar-refractivity contribution is -0.114. The van der Waals surface area contributed by atoms with Gasteiger partial charge in [-0.3, -0.25) is 9.59 Å². The maximum atomic E-state index is 11.6. The summed E-state index contributed by atoms with van der Waals surface area (Å²) in [4.78, 5) is 38.1. The summed E-state index contributed by atoms with van der Waals surface area (Å²) in [5.74, 6) is 0.968. The van der Waals surface area contributed by atoms with Crippen molar-refractivity contribution in [2.45, 2.75) is 26.8 Å². The van der Waals surface area contributed by atoms with Gasteiger partial charge in [0, 0.05) is 37.0 Å². The zero-order valence-corrected chi connectivity index (χ0v) is 16.8. The molecule has 1 amide bonds. The summed E-state index contributed by atoms with van der Waals surface area (Å²) in [6.45, 7) is 4.49. The van der Waals surface area contributed by atoms with Crippen LogP contribution in [0.25, 0.3) is 0 Å². The van der Waals surface area contributed by atoms with Crippen LogP contribution in [-0.2, 0) is 17.8 Å². The topological polar surface area (TPSA) is 100 Å². The van der Waals surface area contributed by atoms with Gasteiger partial charge < -0.3 is 15.5 Å². The van der Waals surface area contributed by atoms with Gasteiger partial charge in [0.05, 0.1) is 0 Å². The zero-order valence-electron chi connectivity index (χ0n) is 16.8. The van der Waals surface area contributed by atoms with Gasteiger partial charge in [-0.05, 0) is 48.7 Å². The van der Waals surface area contributed by atoms with Crippen LogP contribution >= 0.6 is 0 Å². The molecular weight excluding hydrogens is 380 g/mol. The third kappa shape index (κ3) is 4.43. The number of hydrogen-bond donors (Lipinski definition) is 2. The fourth-order valence-electron chi connectivity index (χ4n) is 3.45. The van der Waals surface area contributed by atoms with E-state index in [1.54, 1.807) is 6.92 Å². The predicted molar refractivity (Wildman–Crippen MR) is 115 cm³/mol. The van der Waals surface area contributed by atoms with Gasteiger partial charge in [-0.15, -0.1) is 0 Å². The van der Waals surface area contributed by atoms with Crippen LogP contribution in [0.3, 0.4) is 0 Å². The number of benzene rings is 2. The number of amides is 1. The van der Waals surface area contributed by atoms with E-state index in [-0.39, 0.29) is 11.7 Å². The second-order valence-electron chi connectivity index (χ2n) is 7.21. The maximum Gasteiger partial charge on any atom is 0.232 e. The molecule has 3 aromatic rings. The van der Waals surface area contributed by atoms with Crippen molar-refractivity contribution in [2.75, 3.05) is 22.1 Å². The normalized spacial score (nSPS) is 12.8. The Bertz CT molecular complexity index is 1110. The molecule has 30 heavy (non-hydrogen) atoms. The highest BCUT2D eigenvalue weighted by molar-refractivity contribution is 5.94. The Morgan fingerprint density at radius 2 is 1.83 bits per heavy atom. The zero-order chi connectivity index (χ0) is 21.1. The summed E-state index contributed by atoms with van der Waals surface area (Å²) < 4.78 is 0. The highest BCUT2D eigenvalue weighted by atomic mass is 16.1. The molecule has 1 aliphatic heterocycles. The highest BCUT2D eigenvalue weighted by Gasteiger charge is 2.20. The SMILES string of the molecule is CC(=O)Nc1cccc(Nc2ncnc(N3CCc4cc(C(C)=O)ccc4C3)n2)c1. The van der Waals surface area contributed by atoms with Crippen molar-refractivity contribution in [2.24, 2.45) is 0 Å². The molecule has 0 aliphatic carbocycles. The monoisotopic (exact) mass is 402 g/mol. The van der Waals surface area contributed by atoms with Crippen LogP contribution in [0.2, 0.25) is 0 Å². The molecule has 2 aromatic carbocycles. The fraction of sp³-hybridized carbons (Fsp3) is 0.227. The maximum absolute atomic E-state index is 11.6. The van der Waals surface area contributed by atoms with Gasteiger partial charge >= 0.3 is 0 Å². The van der Waals surface area contributed by atoms with Crippen LogP contribution < -0.4 is 15.5 Å². The average molecular weight is 402 g/mol. The number of Topliss-reactive ketones (excluding diaryl/α,β-unsaturated/α-hetero) is 1. The molecular formula is C22H22N6O2. The molecule has 0 bridgehead atoms. The van der Waals surface area contributed by atoms with Crippen molar-refractivity contribution in [1.82, 2.24) is 15.0 Å². The number of ketones is 1. The van der Waals surface area contributed by atoms with E-state index >= 15 is 0 Å². The van der Waals surface area contributed by atoms with E-state index in [0.29, 0.717) is 24.1 Å². The Labute approximate surface area is 174 Å². The standard InChI is InChI=1S/C22H22N6O2/c1-14(29)16-6-7-18-12-28(9-8-17(18)10-16)22-24-13-23-21(27-22)26-20-5-3-4-19(11-20)25-15(2)30/h3-7,10-11,13H,8-9,12H2,1-2H3,(H,25,30)(H,23,24,26,27). The highest BCUT2D eigenvalue weighted by Crippen LogP contribution is 2.24. The van der Waals surface area contributed by atoms with Gasteiger partial charge in [-0.2, -0.15) is 4.98 Å². The second-order valence-corrected chi connectivity index (χ2v) is 7.21. The molecule has 1 aliphatic rings. The van der Waals surface area contributed by atoms with Crippen molar-refractivity contribution in [3.8, 4) is 0 Å². The van der Waals surface area contributed by atoms with Gasteiger partial charge in [-0.25, -0.2) is 9.97 Å². The number of rotatable bonds is 5. The van der Waals surface area contributed by atoms with Crippen LogP contribution in [0, 0.1) is 0 Å². The van der Waals surface area contributed by atoms with E-state index in [1.807, 2.05) is 42.5 Å². The summed E-state index contributed by atoms with van der Waals surface area (Å²) in [5, 5.41) is 5.91. The first-order valence-electron chi connectivity index (χ1n) is 9.69. The minimum absolute atomic E-state index is 0.0796. The van der Waals surface area contributed by atoms with Gasteiger partial charge in [0.2, 0.25) is 17.8 Å². The average Bonchev–Trinajstić information content (AvgIpc) is 2.73. The molecule has 0 spiro atoms. The van der Waals surface area contributed by atoms with Crippen molar-refractivity contribution in [3.05, 3.63) is 65.5 Å². The van der Waals surface area contributed by atoms with E-state index in [2.05, 4.69) is 30.5 Å². The van der Waals surface area contributed by atoms with Crippen LogP contribution in [0.5, 0.6) is 0 Å². The van der Waals surface area contributed by atoms with Crippen LogP contribution in [-0.4, -0.2) is 33.2 Å². The fourth-order valence-corrected chi connectivity index (χ4v) is 3.45. The lowest BCUT2D eigenvalue weighted by Crippen LogP contribution is -2.32. The third-order valence-electron chi connectivity index (χ3n) is 4.91. The van der Waals surface area contributed by atoms with Gasteiger partial charge in [0.25, 0.3) is 0 Å². The summed E-state index contributed by atoms with van der Waals surface area (Å²) >= 11 is 0. The minimum Gasteiger partial charge on any atom is -0.336 e. The van der Waals surface area contributed by atoms with E-state index in [0.717, 1.165) is 24.2 Å². The smallest absolute Gasteiger partial charge is 0.232 e. The number of fused-ring (bicyclic) bond motifs is 1. The number of hydrogen-bond acceptors (Lipinski definition) is 7. The molecule has 0 radical (unpaired) electrons. The Kier molecular flexibility index (Phi) is 5.38. The molecule has 2 N–H and O–H groups in total. The molecule has 8 heteroatoms.